The molecule has 1 aliphatic heterocycles. The number of benzene rings is 2. The first kappa shape index (κ1) is 33.6. The molecule has 1 aliphatic rings. The van der Waals surface area contributed by atoms with E-state index in [4.69, 9.17) is 9.47 Å². The van der Waals surface area contributed by atoms with Gasteiger partial charge in [-0.1, -0.05) is 43.7 Å². The van der Waals surface area contributed by atoms with Crippen LogP contribution in [-0.2, 0) is 27.4 Å². The molecule has 9 nitrogen and oxygen atoms in total. The zero-order valence-corrected chi connectivity index (χ0v) is 24.8. The van der Waals surface area contributed by atoms with Crippen LogP contribution in [0.2, 0.25) is 0 Å². The van der Waals surface area contributed by atoms with E-state index in [1.54, 1.807) is 30.3 Å². The molecule has 1 heterocycles. The number of hydrogen-bond acceptors (Lipinski definition) is 6. The number of carboxylic acid groups (broad SMARTS) is 1. The molecule has 236 valence electrons. The molecular weight excluding hydrogens is 574 g/mol. The molecule has 0 aliphatic carbocycles. The highest BCUT2D eigenvalue weighted by atomic mass is 19.4. The summed E-state index contributed by atoms with van der Waals surface area (Å²) in [6, 6.07) is 8.76. The molecule has 43 heavy (non-hydrogen) atoms. The predicted octanol–water partition coefficient (Wildman–Crippen LogP) is 5.83. The number of rotatable bonds is 11. The summed E-state index contributed by atoms with van der Waals surface area (Å²) >= 11 is 0. The maximum Gasteiger partial charge on any atom is 0.471 e. The lowest BCUT2D eigenvalue weighted by Crippen LogP contribution is -2.46. The van der Waals surface area contributed by atoms with Crippen molar-refractivity contribution in [3.8, 4) is 5.75 Å². The number of hydrogen-bond donors (Lipinski definition) is 2. The molecule has 13 heteroatoms. The van der Waals surface area contributed by atoms with Crippen molar-refractivity contribution in [1.82, 2.24) is 5.32 Å². The number of nitrogens with one attached hydrogen (secondary N) is 1. The van der Waals surface area contributed by atoms with Gasteiger partial charge in [-0.2, -0.15) is 13.2 Å². The Balaban J connectivity index is 2.16. The van der Waals surface area contributed by atoms with Gasteiger partial charge >= 0.3 is 24.1 Å². The maximum absolute atomic E-state index is 16.4. The fourth-order valence-electron chi connectivity index (χ4n) is 4.88. The summed E-state index contributed by atoms with van der Waals surface area (Å²) in [5, 5.41) is 13.3. The van der Waals surface area contributed by atoms with Gasteiger partial charge in [0.2, 0.25) is 0 Å². The summed E-state index contributed by atoms with van der Waals surface area (Å²) in [4.78, 5) is 38.6. The van der Waals surface area contributed by atoms with Gasteiger partial charge in [0.25, 0.3) is 0 Å². The highest BCUT2D eigenvalue weighted by Gasteiger charge is 2.47. The van der Waals surface area contributed by atoms with Crippen molar-refractivity contribution in [2.75, 3.05) is 22.9 Å². The van der Waals surface area contributed by atoms with E-state index < -0.39 is 59.6 Å². The second-order valence-electron chi connectivity index (χ2n) is 11.4. The monoisotopic (exact) mass is 611 g/mol. The number of alkyl halides is 3. The molecule has 3 rings (SSSR count). The van der Waals surface area contributed by atoms with E-state index in [0.717, 1.165) is 23.8 Å². The average Bonchev–Trinajstić information content (AvgIpc) is 3.27. The van der Waals surface area contributed by atoms with E-state index in [1.165, 1.54) is 20.8 Å². The Morgan fingerprint density at radius 2 is 1.81 bits per heavy atom. The van der Waals surface area contributed by atoms with Crippen molar-refractivity contribution >= 4 is 29.3 Å². The van der Waals surface area contributed by atoms with Crippen molar-refractivity contribution < 1.29 is 46.5 Å². The summed E-state index contributed by atoms with van der Waals surface area (Å²) < 4.78 is 68.8. The summed E-state index contributed by atoms with van der Waals surface area (Å²) in [6.45, 7) is 6.99. The van der Waals surface area contributed by atoms with Gasteiger partial charge in [0, 0.05) is 24.2 Å². The number of nitrogens with zero attached hydrogens (tertiary/aromatic N) is 2. The normalized spacial score (nSPS) is 15.6. The van der Waals surface area contributed by atoms with Gasteiger partial charge in [-0.3, -0.25) is 19.4 Å². The molecule has 0 spiro atoms. The molecule has 2 aromatic carbocycles. The number of carbonyl (C=O) groups excluding carboxylic acids is 2. The number of fused-ring (bicyclic) bond motifs is 1. The van der Waals surface area contributed by atoms with Crippen LogP contribution in [0.3, 0.4) is 0 Å². The molecule has 0 bridgehead atoms. The van der Waals surface area contributed by atoms with Crippen LogP contribution in [0.15, 0.2) is 36.4 Å². The van der Waals surface area contributed by atoms with E-state index in [9.17, 15) is 32.7 Å². The van der Waals surface area contributed by atoms with Crippen molar-refractivity contribution in [3.05, 3.63) is 53.3 Å². The average molecular weight is 612 g/mol. The summed E-state index contributed by atoms with van der Waals surface area (Å²) in [7, 11) is 0. The molecule has 2 atom stereocenters. The van der Waals surface area contributed by atoms with Gasteiger partial charge in [0.05, 0.1) is 11.7 Å². The van der Waals surface area contributed by atoms with Crippen LogP contribution in [0, 0.1) is 5.82 Å². The van der Waals surface area contributed by atoms with Crippen LogP contribution in [0.1, 0.15) is 58.6 Å². The fourth-order valence-corrected chi connectivity index (χ4v) is 4.88. The molecular formula is C30H37F4N3O6. The topological polar surface area (TPSA) is 108 Å². The Bertz CT molecular complexity index is 1310. The summed E-state index contributed by atoms with van der Waals surface area (Å²) in [6.07, 6.45) is -5.39. The van der Waals surface area contributed by atoms with Gasteiger partial charge in [-0.05, 0) is 46.1 Å². The van der Waals surface area contributed by atoms with Crippen LogP contribution < -0.4 is 19.9 Å². The minimum absolute atomic E-state index is 0.0308. The van der Waals surface area contributed by atoms with Crippen LogP contribution >= 0.6 is 0 Å². The molecule has 0 fully saturated rings. The Kier molecular flexibility index (Phi) is 10.7. The fraction of sp³-hybridized carbons (Fsp3) is 0.500. The third kappa shape index (κ3) is 8.59. The standard InChI is InChI=1S/C30H37F4N3O6/c1-6-10-18(2)35-15-20-13-21-22(37(20)28(40)41)14-23(42-17-19-11-8-7-9-12-19)26(25(21)31)36(27(39)30(32,33)34)16-24(38)43-29(3,4)5/h7-9,11-12,14,18,20,35H,6,10,13,15-17H2,1-5H3,(H,40,41)/t18?,20-/m1/s1. The SMILES string of the molecule is CCCC(C)NC[C@H]1Cc2c(cc(OCc3ccccc3)c(N(CC(=O)OC(C)(C)C)C(=O)C(F)(F)F)c2F)N1C(=O)O. The van der Waals surface area contributed by atoms with Gasteiger partial charge in [-0.25, -0.2) is 9.18 Å². The van der Waals surface area contributed by atoms with Crippen molar-refractivity contribution in [2.24, 2.45) is 0 Å². The lowest BCUT2D eigenvalue weighted by molar-refractivity contribution is -0.171. The van der Waals surface area contributed by atoms with Gasteiger partial charge < -0.3 is 19.9 Å². The lowest BCUT2D eigenvalue weighted by Gasteiger charge is -2.28. The molecule has 0 aromatic heterocycles. The number of halogens is 4. The van der Waals surface area contributed by atoms with E-state index in [-0.39, 0.29) is 41.8 Å². The Morgan fingerprint density at radius 1 is 1.16 bits per heavy atom. The Labute approximate surface area is 247 Å². The van der Waals surface area contributed by atoms with E-state index in [2.05, 4.69) is 5.32 Å². The second-order valence-corrected chi connectivity index (χ2v) is 11.4. The molecule has 2 N–H and O–H groups in total. The van der Waals surface area contributed by atoms with Crippen LogP contribution in [0.4, 0.5) is 33.7 Å². The van der Waals surface area contributed by atoms with Crippen LogP contribution in [0.25, 0.3) is 0 Å². The molecule has 2 amide bonds. The third-order valence-electron chi connectivity index (χ3n) is 6.68. The molecule has 2 aromatic rings. The van der Waals surface area contributed by atoms with Crippen molar-refractivity contribution in [1.29, 1.82) is 0 Å². The third-order valence-corrected chi connectivity index (χ3v) is 6.68. The highest BCUT2D eigenvalue weighted by molar-refractivity contribution is 6.03. The quantitative estimate of drug-likeness (QED) is 0.243. The molecule has 0 radical (unpaired) electrons. The van der Waals surface area contributed by atoms with E-state index >= 15 is 4.39 Å². The first-order valence-corrected chi connectivity index (χ1v) is 13.9. The van der Waals surface area contributed by atoms with Crippen molar-refractivity contribution in [3.63, 3.8) is 0 Å². The number of esters is 1. The first-order chi connectivity index (χ1) is 20.0. The van der Waals surface area contributed by atoms with Gasteiger partial charge in [0.1, 0.15) is 30.2 Å². The molecule has 1 unspecified atom stereocenters. The molecule has 0 saturated carbocycles. The second kappa shape index (κ2) is 13.6. The number of amides is 2. The van der Waals surface area contributed by atoms with E-state index in [0.29, 0.717) is 5.56 Å². The van der Waals surface area contributed by atoms with Gasteiger partial charge in [-0.15, -0.1) is 0 Å². The minimum Gasteiger partial charge on any atom is -0.487 e. The van der Waals surface area contributed by atoms with Crippen LogP contribution in [0.5, 0.6) is 5.75 Å². The smallest absolute Gasteiger partial charge is 0.471 e. The first-order valence-electron chi connectivity index (χ1n) is 13.9. The summed E-state index contributed by atoms with van der Waals surface area (Å²) in [5.74, 6) is -5.56. The summed E-state index contributed by atoms with van der Waals surface area (Å²) in [5.41, 5.74) is -1.81. The lowest BCUT2D eigenvalue weighted by atomic mass is 10.1. The van der Waals surface area contributed by atoms with Crippen molar-refractivity contribution in [2.45, 2.75) is 84.3 Å². The predicted molar refractivity (Wildman–Crippen MR) is 152 cm³/mol. The zero-order valence-electron chi connectivity index (χ0n) is 24.8. The number of ether oxygens (including phenoxy) is 2. The van der Waals surface area contributed by atoms with E-state index in [1.807, 2.05) is 13.8 Å². The molecule has 0 saturated heterocycles. The highest BCUT2D eigenvalue weighted by Crippen LogP contribution is 2.45. The number of anilines is 2. The Morgan fingerprint density at radius 3 is 2.37 bits per heavy atom. The Hall–Kier alpha value is -3.87. The van der Waals surface area contributed by atoms with Crippen LogP contribution in [-0.4, -0.2) is 60.0 Å². The zero-order chi connectivity index (χ0) is 32.1. The minimum atomic E-state index is -5.49. The van der Waals surface area contributed by atoms with Gasteiger partial charge in [0.15, 0.2) is 5.82 Å². The maximum atomic E-state index is 16.4. The largest absolute Gasteiger partial charge is 0.487 e. The number of carbonyl (C=O) groups is 3.